The van der Waals surface area contributed by atoms with Crippen molar-refractivity contribution in [1.29, 1.82) is 0 Å². The van der Waals surface area contributed by atoms with Crippen LogP contribution in [0.1, 0.15) is 44.5 Å². The molecule has 0 atom stereocenters. The molecule has 2 aromatic heterocycles. The first-order valence-corrected chi connectivity index (χ1v) is 10.2. The molecule has 0 radical (unpaired) electrons. The average Bonchev–Trinajstić information content (AvgIpc) is 3.20. The standard InChI is InChI=1S/C17H20F4N2.C5H7N3O/c1-3-7-12(17(19,20)21)10-14(15(18)4-2)16-11-13-8-5-6-9-23(13)22-16;1-9-5-4(6)7-2-3-8-5/h4,7,10-11H,3,5-6,8-9H2,1-2H3;2-3H,1H3,(H2,6,7)/b12-7-,14-10+,15-4+;. The molecule has 174 valence electrons. The SMILES string of the molecule is COc1nccnc1N.C\C=C(F)/C(=C\C(=C\CC)C(F)(F)F)c1cc2n(n1)CCCC2. The predicted octanol–water partition coefficient (Wildman–Crippen LogP) is 5.44. The van der Waals surface area contributed by atoms with Crippen molar-refractivity contribution >= 4 is 11.4 Å². The van der Waals surface area contributed by atoms with E-state index in [1.807, 2.05) is 0 Å². The number of rotatable bonds is 5. The first-order valence-electron chi connectivity index (χ1n) is 10.2. The van der Waals surface area contributed by atoms with E-state index in [9.17, 15) is 17.6 Å². The van der Waals surface area contributed by atoms with Crippen LogP contribution in [0.25, 0.3) is 5.57 Å². The minimum Gasteiger partial charge on any atom is -0.478 e. The lowest BCUT2D eigenvalue weighted by Gasteiger charge is -2.12. The second kappa shape index (κ2) is 11.4. The lowest BCUT2D eigenvalue weighted by molar-refractivity contribution is -0.0883. The molecule has 0 saturated heterocycles. The van der Waals surface area contributed by atoms with Gasteiger partial charge in [0.05, 0.1) is 18.4 Å². The number of allylic oxidation sites excluding steroid dienone is 6. The Labute approximate surface area is 184 Å². The van der Waals surface area contributed by atoms with Crippen molar-refractivity contribution in [2.45, 2.75) is 52.3 Å². The number of anilines is 1. The molecular weight excluding hydrogens is 426 g/mol. The van der Waals surface area contributed by atoms with Crippen LogP contribution in [-0.2, 0) is 13.0 Å². The number of ether oxygens (including phenoxy) is 1. The molecule has 2 N–H and O–H groups in total. The Bertz CT molecular complexity index is 969. The normalized spacial score (nSPS) is 15.0. The van der Waals surface area contributed by atoms with Crippen LogP contribution in [0.15, 0.2) is 48.1 Å². The third-order valence-corrected chi connectivity index (χ3v) is 4.64. The highest BCUT2D eigenvalue weighted by molar-refractivity contribution is 5.77. The Hall–Kier alpha value is -3.17. The van der Waals surface area contributed by atoms with Gasteiger partial charge in [0, 0.05) is 30.2 Å². The van der Waals surface area contributed by atoms with Crippen LogP contribution in [0.5, 0.6) is 5.88 Å². The minimum atomic E-state index is -4.52. The summed E-state index contributed by atoms with van der Waals surface area (Å²) in [6.07, 6.45) is 4.60. The Kier molecular flexibility index (Phi) is 8.98. The van der Waals surface area contributed by atoms with Crippen LogP contribution in [-0.4, -0.2) is 33.0 Å². The van der Waals surface area contributed by atoms with Crippen molar-refractivity contribution in [2.75, 3.05) is 12.8 Å². The van der Waals surface area contributed by atoms with Gasteiger partial charge in [0.1, 0.15) is 5.83 Å². The largest absolute Gasteiger partial charge is 0.478 e. The fourth-order valence-corrected chi connectivity index (χ4v) is 3.10. The highest BCUT2D eigenvalue weighted by atomic mass is 19.4. The summed E-state index contributed by atoms with van der Waals surface area (Å²) >= 11 is 0. The van der Waals surface area contributed by atoms with Crippen molar-refractivity contribution in [3.05, 3.63) is 59.5 Å². The maximum absolute atomic E-state index is 14.2. The van der Waals surface area contributed by atoms with Gasteiger partial charge in [-0.3, -0.25) is 4.68 Å². The maximum Gasteiger partial charge on any atom is 0.416 e. The van der Waals surface area contributed by atoms with Gasteiger partial charge in [-0.15, -0.1) is 0 Å². The number of nitrogen functional groups attached to an aromatic ring is 1. The van der Waals surface area contributed by atoms with Gasteiger partial charge in [-0.2, -0.15) is 18.3 Å². The van der Waals surface area contributed by atoms with Crippen molar-refractivity contribution in [3.8, 4) is 5.88 Å². The van der Waals surface area contributed by atoms with Gasteiger partial charge in [0.15, 0.2) is 5.82 Å². The molecule has 0 aromatic carbocycles. The zero-order chi connectivity index (χ0) is 23.7. The van der Waals surface area contributed by atoms with E-state index in [0.29, 0.717) is 11.7 Å². The Morgan fingerprint density at radius 1 is 1.25 bits per heavy atom. The predicted molar refractivity (Wildman–Crippen MR) is 115 cm³/mol. The summed E-state index contributed by atoms with van der Waals surface area (Å²) < 4.78 is 60.0. The summed E-state index contributed by atoms with van der Waals surface area (Å²) in [5, 5.41) is 4.29. The van der Waals surface area contributed by atoms with Crippen LogP contribution in [0.4, 0.5) is 23.4 Å². The van der Waals surface area contributed by atoms with Gasteiger partial charge in [-0.25, -0.2) is 14.4 Å². The molecule has 1 aliphatic heterocycles. The zero-order valence-corrected chi connectivity index (χ0v) is 18.3. The molecule has 6 nitrogen and oxygen atoms in total. The van der Waals surface area contributed by atoms with E-state index in [1.54, 1.807) is 17.7 Å². The molecule has 0 amide bonds. The molecule has 32 heavy (non-hydrogen) atoms. The van der Waals surface area contributed by atoms with E-state index in [0.717, 1.165) is 49.7 Å². The van der Waals surface area contributed by atoms with E-state index in [2.05, 4.69) is 15.1 Å². The first-order chi connectivity index (χ1) is 15.2. The molecule has 0 aliphatic carbocycles. The van der Waals surface area contributed by atoms with Gasteiger partial charge in [-0.05, 0) is 44.7 Å². The number of halogens is 4. The number of nitrogens with zero attached hydrogens (tertiary/aromatic N) is 4. The molecular formula is C22H27F4N5O. The highest BCUT2D eigenvalue weighted by Crippen LogP contribution is 2.33. The molecule has 0 bridgehead atoms. The molecule has 1 aliphatic rings. The Morgan fingerprint density at radius 3 is 2.50 bits per heavy atom. The van der Waals surface area contributed by atoms with Gasteiger partial charge in [0.2, 0.25) is 0 Å². The molecule has 0 fully saturated rings. The van der Waals surface area contributed by atoms with Crippen LogP contribution in [0.2, 0.25) is 0 Å². The van der Waals surface area contributed by atoms with E-state index < -0.39 is 17.6 Å². The molecule has 0 spiro atoms. The number of aromatic nitrogens is 4. The van der Waals surface area contributed by atoms with Crippen molar-refractivity contribution in [2.24, 2.45) is 0 Å². The summed E-state index contributed by atoms with van der Waals surface area (Å²) in [5.74, 6) is -0.0100. The highest BCUT2D eigenvalue weighted by Gasteiger charge is 2.32. The quantitative estimate of drug-likeness (QED) is 0.482. The third-order valence-electron chi connectivity index (χ3n) is 4.64. The molecule has 3 heterocycles. The lowest BCUT2D eigenvalue weighted by atomic mass is 10.0. The topological polar surface area (TPSA) is 78.9 Å². The van der Waals surface area contributed by atoms with Crippen LogP contribution >= 0.6 is 0 Å². The molecule has 2 aromatic rings. The molecule has 0 unspecified atom stereocenters. The average molecular weight is 453 g/mol. The Morgan fingerprint density at radius 2 is 1.97 bits per heavy atom. The smallest absolute Gasteiger partial charge is 0.416 e. The van der Waals surface area contributed by atoms with Gasteiger partial charge in [-0.1, -0.05) is 19.1 Å². The second-order valence-corrected chi connectivity index (χ2v) is 6.91. The molecule has 10 heteroatoms. The number of methoxy groups -OCH3 is 1. The fourth-order valence-electron chi connectivity index (χ4n) is 3.10. The summed E-state index contributed by atoms with van der Waals surface area (Å²) in [7, 11) is 1.50. The number of nitrogens with two attached hydrogens (primary N) is 1. The van der Waals surface area contributed by atoms with Crippen molar-refractivity contribution in [1.82, 2.24) is 19.7 Å². The van der Waals surface area contributed by atoms with Gasteiger partial charge in [0.25, 0.3) is 5.88 Å². The second-order valence-electron chi connectivity index (χ2n) is 6.91. The van der Waals surface area contributed by atoms with E-state index >= 15 is 0 Å². The molecule has 3 rings (SSSR count). The number of aryl methyl sites for hydroxylation is 2. The minimum absolute atomic E-state index is 0.119. The van der Waals surface area contributed by atoms with Crippen LogP contribution in [0.3, 0.4) is 0 Å². The fraction of sp³-hybridized carbons (Fsp3) is 0.409. The number of fused-ring (bicyclic) bond motifs is 1. The van der Waals surface area contributed by atoms with Crippen molar-refractivity contribution in [3.63, 3.8) is 0 Å². The van der Waals surface area contributed by atoms with Gasteiger partial charge >= 0.3 is 6.18 Å². The first kappa shape index (κ1) is 25.1. The Balaban J connectivity index is 0.000000336. The van der Waals surface area contributed by atoms with E-state index in [1.165, 1.54) is 26.4 Å². The van der Waals surface area contributed by atoms with E-state index in [-0.39, 0.29) is 17.7 Å². The van der Waals surface area contributed by atoms with Crippen LogP contribution in [0, 0.1) is 0 Å². The monoisotopic (exact) mass is 453 g/mol. The summed E-state index contributed by atoms with van der Waals surface area (Å²) in [6, 6.07) is 1.69. The summed E-state index contributed by atoms with van der Waals surface area (Å²) in [4.78, 5) is 7.53. The summed E-state index contributed by atoms with van der Waals surface area (Å²) in [5.41, 5.74) is 5.56. The van der Waals surface area contributed by atoms with Crippen LogP contribution < -0.4 is 10.5 Å². The maximum atomic E-state index is 14.2. The van der Waals surface area contributed by atoms with Crippen molar-refractivity contribution < 1.29 is 22.3 Å². The summed E-state index contributed by atoms with van der Waals surface area (Å²) in [6.45, 7) is 3.79. The van der Waals surface area contributed by atoms with Gasteiger partial charge < -0.3 is 10.5 Å². The lowest BCUT2D eigenvalue weighted by Crippen LogP contribution is -2.11. The molecule has 0 saturated carbocycles. The third kappa shape index (κ3) is 6.66. The number of hydrogen-bond donors (Lipinski definition) is 1. The van der Waals surface area contributed by atoms with E-state index in [4.69, 9.17) is 10.5 Å². The zero-order valence-electron chi connectivity index (χ0n) is 18.3. The number of alkyl halides is 3. The number of hydrogen-bond acceptors (Lipinski definition) is 5.